The summed E-state index contributed by atoms with van der Waals surface area (Å²) in [4.78, 5) is 23.5. The van der Waals surface area contributed by atoms with Crippen LogP contribution in [0.15, 0.2) is 48.5 Å². The summed E-state index contributed by atoms with van der Waals surface area (Å²) in [5, 5.41) is 0.608. The molecule has 0 aliphatic rings. The van der Waals surface area contributed by atoms with Gasteiger partial charge in [0.15, 0.2) is 6.61 Å². The normalized spacial score (nSPS) is 10.1. The molecule has 0 unspecified atom stereocenters. The standard InChI is InChI=1S/C18H19ClN2O3/c1-2-13-4-3-5-16(10-13)24-12-18(23)21-20-17(22)11-14-6-8-15(19)9-7-14/h3-10H,2,11-12H2,1H3,(H,20,22)(H,21,23). The quantitative estimate of drug-likeness (QED) is 0.790. The summed E-state index contributed by atoms with van der Waals surface area (Å²) in [5.74, 6) is -0.128. The van der Waals surface area contributed by atoms with Gasteiger partial charge in [0.25, 0.3) is 5.91 Å². The lowest BCUT2D eigenvalue weighted by molar-refractivity contribution is -0.129. The fourth-order valence-corrected chi connectivity index (χ4v) is 2.14. The van der Waals surface area contributed by atoms with E-state index >= 15 is 0 Å². The van der Waals surface area contributed by atoms with Crippen LogP contribution in [0.2, 0.25) is 5.02 Å². The predicted octanol–water partition coefficient (Wildman–Crippen LogP) is 2.67. The molecule has 2 N–H and O–H groups in total. The fraction of sp³-hybridized carbons (Fsp3) is 0.222. The van der Waals surface area contributed by atoms with Gasteiger partial charge in [-0.3, -0.25) is 20.4 Å². The van der Waals surface area contributed by atoms with E-state index in [9.17, 15) is 9.59 Å². The lowest BCUT2D eigenvalue weighted by Gasteiger charge is -2.09. The fourth-order valence-electron chi connectivity index (χ4n) is 2.01. The maximum Gasteiger partial charge on any atom is 0.276 e. The van der Waals surface area contributed by atoms with Crippen LogP contribution in [0.1, 0.15) is 18.1 Å². The van der Waals surface area contributed by atoms with E-state index in [-0.39, 0.29) is 18.9 Å². The molecule has 5 nitrogen and oxygen atoms in total. The van der Waals surface area contributed by atoms with Crippen LogP contribution in [0.5, 0.6) is 5.75 Å². The number of hydrazine groups is 1. The smallest absolute Gasteiger partial charge is 0.276 e. The summed E-state index contributed by atoms with van der Waals surface area (Å²) in [6.45, 7) is 1.87. The molecular formula is C18H19ClN2O3. The molecule has 2 aromatic rings. The van der Waals surface area contributed by atoms with E-state index < -0.39 is 5.91 Å². The van der Waals surface area contributed by atoms with Gasteiger partial charge in [-0.05, 0) is 41.8 Å². The van der Waals surface area contributed by atoms with Crippen molar-refractivity contribution in [2.75, 3.05) is 6.61 Å². The van der Waals surface area contributed by atoms with Crippen molar-refractivity contribution in [3.63, 3.8) is 0 Å². The van der Waals surface area contributed by atoms with Gasteiger partial charge < -0.3 is 4.74 Å². The molecule has 0 radical (unpaired) electrons. The van der Waals surface area contributed by atoms with Crippen LogP contribution < -0.4 is 15.6 Å². The summed E-state index contributed by atoms with van der Waals surface area (Å²) >= 11 is 5.78. The second-order valence-corrected chi connectivity index (χ2v) is 5.63. The van der Waals surface area contributed by atoms with E-state index in [0.717, 1.165) is 17.5 Å². The number of hydrogen-bond donors (Lipinski definition) is 2. The molecule has 0 heterocycles. The summed E-state index contributed by atoms with van der Waals surface area (Å²) in [6.07, 6.45) is 1.04. The highest BCUT2D eigenvalue weighted by Gasteiger charge is 2.07. The average Bonchev–Trinajstić information content (AvgIpc) is 2.60. The number of hydrogen-bond acceptors (Lipinski definition) is 3. The average molecular weight is 347 g/mol. The molecule has 0 saturated heterocycles. The lowest BCUT2D eigenvalue weighted by atomic mass is 10.1. The van der Waals surface area contributed by atoms with Crippen molar-refractivity contribution in [3.05, 3.63) is 64.7 Å². The minimum Gasteiger partial charge on any atom is -0.484 e. The third kappa shape index (κ3) is 5.93. The van der Waals surface area contributed by atoms with Crippen molar-refractivity contribution in [1.82, 2.24) is 10.9 Å². The first-order valence-corrected chi connectivity index (χ1v) is 7.98. The van der Waals surface area contributed by atoms with Crippen LogP contribution in [0.3, 0.4) is 0 Å². The summed E-state index contributed by atoms with van der Waals surface area (Å²) < 4.78 is 5.40. The Balaban J connectivity index is 1.72. The van der Waals surface area contributed by atoms with Gasteiger partial charge in [-0.25, -0.2) is 0 Å². The van der Waals surface area contributed by atoms with Gasteiger partial charge in [0.1, 0.15) is 5.75 Å². The van der Waals surface area contributed by atoms with Crippen LogP contribution in [-0.2, 0) is 22.4 Å². The summed E-state index contributed by atoms with van der Waals surface area (Å²) in [6, 6.07) is 14.5. The van der Waals surface area contributed by atoms with Crippen molar-refractivity contribution in [2.24, 2.45) is 0 Å². The first kappa shape index (κ1) is 17.8. The number of ether oxygens (including phenoxy) is 1. The second kappa shape index (κ2) is 8.93. The minimum atomic E-state index is -0.429. The van der Waals surface area contributed by atoms with E-state index in [1.54, 1.807) is 30.3 Å². The molecular weight excluding hydrogens is 328 g/mol. The number of carbonyl (C=O) groups excluding carboxylic acids is 2. The largest absolute Gasteiger partial charge is 0.484 e. The number of benzene rings is 2. The maximum absolute atomic E-state index is 11.8. The van der Waals surface area contributed by atoms with Crippen LogP contribution in [0.25, 0.3) is 0 Å². The van der Waals surface area contributed by atoms with E-state index in [4.69, 9.17) is 16.3 Å². The monoisotopic (exact) mass is 346 g/mol. The molecule has 0 bridgehead atoms. The lowest BCUT2D eigenvalue weighted by Crippen LogP contribution is -2.44. The Bertz CT molecular complexity index is 702. The van der Waals surface area contributed by atoms with E-state index in [1.807, 2.05) is 25.1 Å². The molecule has 0 aromatic heterocycles. The molecule has 0 spiro atoms. The van der Waals surface area contributed by atoms with Gasteiger partial charge in [-0.1, -0.05) is 42.8 Å². The van der Waals surface area contributed by atoms with Gasteiger partial charge in [0.2, 0.25) is 5.91 Å². The molecule has 2 rings (SSSR count). The molecule has 0 atom stereocenters. The van der Waals surface area contributed by atoms with Crippen LogP contribution in [0, 0.1) is 0 Å². The Morgan fingerprint density at radius 3 is 2.42 bits per heavy atom. The number of carbonyl (C=O) groups is 2. The predicted molar refractivity (Wildman–Crippen MR) is 92.8 cm³/mol. The highest BCUT2D eigenvalue weighted by Crippen LogP contribution is 2.13. The summed E-state index contributed by atoms with van der Waals surface area (Å²) in [5.41, 5.74) is 6.61. The number of rotatable bonds is 6. The van der Waals surface area contributed by atoms with Gasteiger partial charge in [-0.15, -0.1) is 0 Å². The van der Waals surface area contributed by atoms with E-state index in [1.165, 1.54) is 0 Å². The van der Waals surface area contributed by atoms with Crippen LogP contribution >= 0.6 is 11.6 Å². The van der Waals surface area contributed by atoms with Gasteiger partial charge in [0, 0.05) is 5.02 Å². The zero-order chi connectivity index (χ0) is 17.4. The van der Waals surface area contributed by atoms with Crippen LogP contribution in [0.4, 0.5) is 0 Å². The summed E-state index contributed by atoms with van der Waals surface area (Å²) in [7, 11) is 0. The van der Waals surface area contributed by atoms with Crippen LogP contribution in [-0.4, -0.2) is 18.4 Å². The first-order chi connectivity index (χ1) is 11.6. The van der Waals surface area contributed by atoms with E-state index in [2.05, 4.69) is 10.9 Å². The molecule has 6 heteroatoms. The van der Waals surface area contributed by atoms with Crippen molar-refractivity contribution in [2.45, 2.75) is 19.8 Å². The Morgan fingerprint density at radius 2 is 1.71 bits per heavy atom. The van der Waals surface area contributed by atoms with Gasteiger partial charge in [0.05, 0.1) is 6.42 Å². The molecule has 2 amide bonds. The third-order valence-corrected chi connectivity index (χ3v) is 3.55. The third-order valence-electron chi connectivity index (χ3n) is 3.30. The topological polar surface area (TPSA) is 67.4 Å². The van der Waals surface area contributed by atoms with Gasteiger partial charge in [-0.2, -0.15) is 0 Å². The Labute approximate surface area is 145 Å². The number of halogens is 1. The molecule has 2 aromatic carbocycles. The molecule has 0 fully saturated rings. The molecule has 0 aliphatic heterocycles. The number of amides is 2. The molecule has 0 aliphatic carbocycles. The van der Waals surface area contributed by atoms with Crippen molar-refractivity contribution >= 4 is 23.4 Å². The number of nitrogens with one attached hydrogen (secondary N) is 2. The zero-order valence-electron chi connectivity index (χ0n) is 13.3. The van der Waals surface area contributed by atoms with E-state index in [0.29, 0.717) is 10.8 Å². The van der Waals surface area contributed by atoms with Gasteiger partial charge >= 0.3 is 0 Å². The SMILES string of the molecule is CCc1cccc(OCC(=O)NNC(=O)Cc2ccc(Cl)cc2)c1. The van der Waals surface area contributed by atoms with Crippen molar-refractivity contribution in [1.29, 1.82) is 0 Å². The highest BCUT2D eigenvalue weighted by molar-refractivity contribution is 6.30. The Hall–Kier alpha value is -2.53. The Kier molecular flexibility index (Phi) is 6.63. The van der Waals surface area contributed by atoms with Crippen molar-refractivity contribution in [3.8, 4) is 5.75 Å². The zero-order valence-corrected chi connectivity index (χ0v) is 14.1. The minimum absolute atomic E-state index is 0.150. The molecule has 0 saturated carbocycles. The molecule has 126 valence electrons. The Morgan fingerprint density at radius 1 is 1.00 bits per heavy atom. The maximum atomic E-state index is 11.8. The second-order valence-electron chi connectivity index (χ2n) is 5.19. The van der Waals surface area contributed by atoms with Crippen molar-refractivity contribution < 1.29 is 14.3 Å². The number of aryl methyl sites for hydroxylation is 1. The molecule has 24 heavy (non-hydrogen) atoms. The first-order valence-electron chi connectivity index (χ1n) is 7.60. The highest BCUT2D eigenvalue weighted by atomic mass is 35.5.